The molecule has 0 radical (unpaired) electrons. The minimum absolute atomic E-state index is 0.195. The molecule has 1 atom stereocenters. The Bertz CT molecular complexity index is 600. The van der Waals surface area contributed by atoms with E-state index in [-0.39, 0.29) is 6.04 Å². The smallest absolute Gasteiger partial charge is 0.107 e. The van der Waals surface area contributed by atoms with Gasteiger partial charge in [-0.15, -0.1) is 24.0 Å². The lowest BCUT2D eigenvalue weighted by atomic mass is 9.84. The number of rotatable bonds is 1. The first-order valence-electron chi connectivity index (χ1n) is 5.97. The molecule has 1 aromatic rings. The van der Waals surface area contributed by atoms with E-state index >= 15 is 0 Å². The molecule has 1 aliphatic heterocycles. The second-order valence-corrected chi connectivity index (χ2v) is 5.77. The molecule has 1 unspecified atom stereocenters. The summed E-state index contributed by atoms with van der Waals surface area (Å²) in [4.78, 5) is 5.70. The summed E-state index contributed by atoms with van der Waals surface area (Å²) in [7, 11) is 0. The maximum atomic E-state index is 9.36. The molecule has 90 valence electrons. The van der Waals surface area contributed by atoms with Crippen molar-refractivity contribution in [1.29, 1.82) is 5.26 Å². The quantitative estimate of drug-likeness (QED) is 0.775. The summed E-state index contributed by atoms with van der Waals surface area (Å²) < 4.78 is 0. The van der Waals surface area contributed by atoms with Gasteiger partial charge in [-0.05, 0) is 36.3 Å². The third-order valence-corrected chi connectivity index (χ3v) is 4.55. The molecule has 0 N–H and O–H groups in total. The van der Waals surface area contributed by atoms with E-state index in [1.807, 2.05) is 11.4 Å². The molecule has 1 aliphatic carbocycles. The van der Waals surface area contributed by atoms with Gasteiger partial charge in [0.05, 0.1) is 11.6 Å². The standard InChI is InChI=1S/C14H12N2S2/c15-8-10-13(12-6-3-7-18-12)9-4-1-2-5-11(9)16-14(10)17/h3-4,6-7,11H,1-2,5H2,(H,16,17). The summed E-state index contributed by atoms with van der Waals surface area (Å²) in [6.07, 6.45) is 5.54. The molecule has 18 heavy (non-hydrogen) atoms. The van der Waals surface area contributed by atoms with Crippen LogP contribution in [0, 0.1) is 11.3 Å². The second kappa shape index (κ2) is 4.75. The monoisotopic (exact) mass is 272 g/mol. The minimum Gasteiger partial charge on any atom is -0.269 e. The summed E-state index contributed by atoms with van der Waals surface area (Å²) in [6, 6.07) is 6.54. The van der Waals surface area contributed by atoms with Crippen LogP contribution in [-0.2, 0) is 0 Å². The Hall–Kier alpha value is -1.31. The van der Waals surface area contributed by atoms with Gasteiger partial charge < -0.3 is 0 Å². The van der Waals surface area contributed by atoms with Crippen molar-refractivity contribution in [3.63, 3.8) is 0 Å². The van der Waals surface area contributed by atoms with Crippen molar-refractivity contribution < 1.29 is 0 Å². The van der Waals surface area contributed by atoms with Crippen molar-refractivity contribution in [3.05, 3.63) is 39.6 Å². The summed E-state index contributed by atoms with van der Waals surface area (Å²) in [5, 5.41) is 12.0. The predicted octanol–water partition coefficient (Wildman–Crippen LogP) is 3.85. The van der Waals surface area contributed by atoms with Crippen molar-refractivity contribution in [2.45, 2.75) is 25.3 Å². The fourth-order valence-corrected chi connectivity index (χ4v) is 3.62. The average Bonchev–Trinajstić information content (AvgIpc) is 2.90. The fourth-order valence-electron chi connectivity index (χ4n) is 2.52. The van der Waals surface area contributed by atoms with Gasteiger partial charge in [0.25, 0.3) is 0 Å². The number of hydrogen-bond donors (Lipinski definition) is 1. The molecule has 2 aliphatic rings. The Morgan fingerprint density at radius 1 is 1.50 bits per heavy atom. The molecule has 0 aromatic carbocycles. The van der Waals surface area contributed by atoms with Crippen LogP contribution >= 0.6 is 24.0 Å². The number of hydrogen-bond acceptors (Lipinski definition) is 3. The van der Waals surface area contributed by atoms with Gasteiger partial charge in [-0.2, -0.15) is 5.26 Å². The van der Waals surface area contributed by atoms with Crippen LogP contribution in [0.5, 0.6) is 0 Å². The fraction of sp³-hybridized carbons (Fsp3) is 0.286. The summed E-state index contributed by atoms with van der Waals surface area (Å²) in [6.45, 7) is 0. The number of thiophene rings is 1. The second-order valence-electron chi connectivity index (χ2n) is 4.40. The molecule has 0 saturated carbocycles. The highest BCUT2D eigenvalue weighted by molar-refractivity contribution is 7.97. The van der Waals surface area contributed by atoms with Gasteiger partial charge in [0.15, 0.2) is 0 Å². The average molecular weight is 272 g/mol. The van der Waals surface area contributed by atoms with Crippen LogP contribution in [0.4, 0.5) is 0 Å². The number of nitrogens with zero attached hydrogens (tertiary/aromatic N) is 2. The Kier molecular flexibility index (Phi) is 3.11. The molecule has 2 heterocycles. The van der Waals surface area contributed by atoms with E-state index in [1.165, 1.54) is 12.0 Å². The summed E-state index contributed by atoms with van der Waals surface area (Å²) in [5.41, 5.74) is 2.89. The number of dihydropyridines is 1. The molecule has 0 saturated heterocycles. The first-order chi connectivity index (χ1) is 8.81. The van der Waals surface area contributed by atoms with Gasteiger partial charge in [-0.3, -0.25) is 4.99 Å². The highest BCUT2D eigenvalue weighted by atomic mass is 32.1. The summed E-state index contributed by atoms with van der Waals surface area (Å²) >= 11 is 6.06. The number of fused-ring (bicyclic) bond motifs is 1. The van der Waals surface area contributed by atoms with Crippen LogP contribution in [0.1, 0.15) is 24.1 Å². The Labute approximate surface area is 116 Å². The van der Waals surface area contributed by atoms with Crippen LogP contribution in [0.2, 0.25) is 0 Å². The van der Waals surface area contributed by atoms with E-state index in [0.717, 1.165) is 23.3 Å². The SMILES string of the molecule is N#CC1=C(c2cccs2)C2=CCCCC2N=C1S. The molecular formula is C14H12N2S2. The molecule has 0 spiro atoms. The van der Waals surface area contributed by atoms with E-state index < -0.39 is 0 Å². The highest BCUT2D eigenvalue weighted by Crippen LogP contribution is 2.40. The Morgan fingerprint density at radius 3 is 3.11 bits per heavy atom. The van der Waals surface area contributed by atoms with Crippen LogP contribution in [0.3, 0.4) is 0 Å². The molecule has 2 nitrogen and oxygen atoms in total. The minimum atomic E-state index is 0.195. The van der Waals surface area contributed by atoms with Crippen LogP contribution < -0.4 is 0 Å². The first kappa shape index (κ1) is 11.8. The lowest BCUT2D eigenvalue weighted by molar-refractivity contribution is 0.629. The zero-order valence-corrected chi connectivity index (χ0v) is 11.5. The van der Waals surface area contributed by atoms with Crippen molar-refractivity contribution in [3.8, 4) is 6.07 Å². The van der Waals surface area contributed by atoms with E-state index in [0.29, 0.717) is 10.6 Å². The van der Waals surface area contributed by atoms with Gasteiger partial charge in [-0.25, -0.2) is 0 Å². The molecule has 1 aromatic heterocycles. The van der Waals surface area contributed by atoms with Gasteiger partial charge in [0, 0.05) is 10.5 Å². The topological polar surface area (TPSA) is 36.1 Å². The number of thiol groups is 1. The van der Waals surface area contributed by atoms with Crippen molar-refractivity contribution >= 4 is 34.6 Å². The van der Waals surface area contributed by atoms with Crippen molar-refractivity contribution in [1.82, 2.24) is 0 Å². The number of nitriles is 1. The molecule has 3 rings (SSSR count). The van der Waals surface area contributed by atoms with E-state index in [1.54, 1.807) is 11.3 Å². The third-order valence-electron chi connectivity index (χ3n) is 3.32. The Morgan fingerprint density at radius 2 is 2.39 bits per heavy atom. The molecule has 4 heteroatoms. The van der Waals surface area contributed by atoms with Gasteiger partial charge in [-0.1, -0.05) is 12.1 Å². The van der Waals surface area contributed by atoms with Gasteiger partial charge in [0.1, 0.15) is 11.1 Å². The zero-order valence-electron chi connectivity index (χ0n) is 9.76. The van der Waals surface area contributed by atoms with E-state index in [4.69, 9.17) is 0 Å². The van der Waals surface area contributed by atoms with Crippen LogP contribution in [0.25, 0.3) is 5.57 Å². The molecule has 0 bridgehead atoms. The normalized spacial score (nSPS) is 23.0. The lowest BCUT2D eigenvalue weighted by Gasteiger charge is -2.27. The maximum Gasteiger partial charge on any atom is 0.107 e. The van der Waals surface area contributed by atoms with E-state index in [2.05, 4.69) is 35.8 Å². The zero-order chi connectivity index (χ0) is 12.5. The largest absolute Gasteiger partial charge is 0.269 e. The van der Waals surface area contributed by atoms with Crippen LogP contribution in [-0.4, -0.2) is 11.1 Å². The maximum absolute atomic E-state index is 9.36. The third kappa shape index (κ3) is 1.84. The van der Waals surface area contributed by atoms with Crippen molar-refractivity contribution in [2.24, 2.45) is 4.99 Å². The number of allylic oxidation sites excluding steroid dienone is 1. The van der Waals surface area contributed by atoms with Gasteiger partial charge in [0.2, 0.25) is 0 Å². The Balaban J connectivity index is 2.23. The molecule has 0 fully saturated rings. The lowest BCUT2D eigenvalue weighted by Crippen LogP contribution is -2.21. The highest BCUT2D eigenvalue weighted by Gasteiger charge is 2.29. The predicted molar refractivity (Wildman–Crippen MR) is 79.0 cm³/mol. The molecular weight excluding hydrogens is 260 g/mol. The molecule has 0 amide bonds. The summed E-state index contributed by atoms with van der Waals surface area (Å²) in [5.74, 6) is 0. The first-order valence-corrected chi connectivity index (χ1v) is 7.29. The number of aliphatic imine (C=N–C) groups is 1. The van der Waals surface area contributed by atoms with E-state index in [9.17, 15) is 5.26 Å². The van der Waals surface area contributed by atoms with Crippen LogP contribution in [0.15, 0.2) is 39.7 Å². The van der Waals surface area contributed by atoms with Crippen molar-refractivity contribution in [2.75, 3.05) is 0 Å². The van der Waals surface area contributed by atoms with Gasteiger partial charge >= 0.3 is 0 Å².